The van der Waals surface area contributed by atoms with Crippen LogP contribution in [-0.4, -0.2) is 10.2 Å². The lowest BCUT2D eigenvalue weighted by Gasteiger charge is -2.04. The van der Waals surface area contributed by atoms with Crippen molar-refractivity contribution < 1.29 is 8.83 Å². The third-order valence-corrected chi connectivity index (χ3v) is 4.93. The molecule has 7 heteroatoms. The lowest BCUT2D eigenvalue weighted by molar-refractivity contribution is 0.466. The summed E-state index contributed by atoms with van der Waals surface area (Å²) < 4.78 is 11.8. The highest BCUT2D eigenvalue weighted by atomic mass is 79.9. The van der Waals surface area contributed by atoms with Crippen molar-refractivity contribution >= 4 is 38.7 Å². The zero-order chi connectivity index (χ0) is 17.2. The molecule has 0 aliphatic heterocycles. The summed E-state index contributed by atoms with van der Waals surface area (Å²) in [4.78, 5) is 11.8. The molecule has 0 aliphatic rings. The van der Waals surface area contributed by atoms with Crippen molar-refractivity contribution in [1.29, 1.82) is 0 Å². The summed E-state index contributed by atoms with van der Waals surface area (Å²) in [5.74, 6) is 1.00. The third kappa shape index (κ3) is 3.52. The Bertz CT molecular complexity index is 1090. The first-order chi connectivity index (χ1) is 12.2. The summed E-state index contributed by atoms with van der Waals surface area (Å²) in [6.45, 7) is 0. The molecule has 25 heavy (non-hydrogen) atoms. The molecule has 0 atom stereocenters. The van der Waals surface area contributed by atoms with Gasteiger partial charge in [-0.15, -0.1) is 10.2 Å². The van der Waals surface area contributed by atoms with Gasteiger partial charge in [-0.3, -0.25) is 0 Å². The monoisotopic (exact) mass is 414 g/mol. The number of aromatic nitrogens is 2. The van der Waals surface area contributed by atoms with E-state index in [1.165, 1.54) is 17.8 Å². The maximum absolute atomic E-state index is 11.8. The summed E-state index contributed by atoms with van der Waals surface area (Å²) in [5, 5.41) is 9.47. The molecule has 2 heterocycles. The molecule has 2 aromatic heterocycles. The maximum atomic E-state index is 11.8. The van der Waals surface area contributed by atoms with Gasteiger partial charge in [-0.2, -0.15) is 0 Å². The fourth-order valence-corrected chi connectivity index (χ4v) is 3.52. The first-order valence-corrected chi connectivity index (χ1v) is 9.21. The van der Waals surface area contributed by atoms with Gasteiger partial charge in [-0.25, -0.2) is 4.79 Å². The Labute approximate surface area is 155 Å². The van der Waals surface area contributed by atoms with Crippen molar-refractivity contribution in [1.82, 2.24) is 10.2 Å². The van der Waals surface area contributed by atoms with Crippen LogP contribution in [-0.2, 0) is 5.75 Å². The summed E-state index contributed by atoms with van der Waals surface area (Å²) >= 11 is 4.77. The van der Waals surface area contributed by atoms with Crippen LogP contribution in [0.2, 0.25) is 0 Å². The van der Waals surface area contributed by atoms with Crippen molar-refractivity contribution in [2.45, 2.75) is 11.0 Å². The van der Waals surface area contributed by atoms with E-state index in [1.807, 2.05) is 42.5 Å². The standard InChI is InChI=1S/C18H11BrN2O3S/c19-13-6-7-14-12(8-16(22)23-15(14)9-13)10-25-18-21-20-17(24-18)11-4-2-1-3-5-11/h1-9H,10H2. The van der Waals surface area contributed by atoms with Gasteiger partial charge in [-0.05, 0) is 35.9 Å². The molecule has 0 saturated heterocycles. The van der Waals surface area contributed by atoms with E-state index in [-0.39, 0.29) is 5.63 Å². The number of hydrogen-bond donors (Lipinski definition) is 0. The molecule has 0 amide bonds. The van der Waals surface area contributed by atoms with E-state index >= 15 is 0 Å². The number of fused-ring (bicyclic) bond motifs is 1. The first-order valence-electron chi connectivity index (χ1n) is 7.43. The zero-order valence-electron chi connectivity index (χ0n) is 12.8. The van der Waals surface area contributed by atoms with Gasteiger partial charge in [0.2, 0.25) is 5.89 Å². The molecule has 0 N–H and O–H groups in total. The highest BCUT2D eigenvalue weighted by molar-refractivity contribution is 9.10. The molecule has 0 saturated carbocycles. The molecule has 4 aromatic rings. The SMILES string of the molecule is O=c1cc(CSc2nnc(-c3ccccc3)o2)c2ccc(Br)cc2o1. The molecule has 5 nitrogen and oxygen atoms in total. The fourth-order valence-electron chi connectivity index (χ4n) is 2.43. The Balaban J connectivity index is 1.59. The second-order valence-corrected chi connectivity index (χ2v) is 7.10. The van der Waals surface area contributed by atoms with Gasteiger partial charge in [0, 0.05) is 27.2 Å². The van der Waals surface area contributed by atoms with Crippen LogP contribution >= 0.6 is 27.7 Å². The van der Waals surface area contributed by atoms with E-state index in [0.29, 0.717) is 22.4 Å². The van der Waals surface area contributed by atoms with Crippen LogP contribution in [0.3, 0.4) is 0 Å². The molecule has 0 bridgehead atoms. The topological polar surface area (TPSA) is 69.1 Å². The minimum Gasteiger partial charge on any atom is -0.423 e. The number of hydrogen-bond acceptors (Lipinski definition) is 6. The minimum absolute atomic E-state index is 0.378. The van der Waals surface area contributed by atoms with Crippen LogP contribution in [0.5, 0.6) is 0 Å². The summed E-state index contributed by atoms with van der Waals surface area (Å²) in [7, 11) is 0. The van der Waals surface area contributed by atoms with Crippen molar-refractivity contribution in [2.24, 2.45) is 0 Å². The number of benzene rings is 2. The summed E-state index contributed by atoms with van der Waals surface area (Å²) in [6, 6.07) is 16.7. The highest BCUT2D eigenvalue weighted by Gasteiger charge is 2.11. The van der Waals surface area contributed by atoms with E-state index in [1.54, 1.807) is 6.07 Å². The number of thioether (sulfide) groups is 1. The predicted octanol–water partition coefficient (Wildman–Crippen LogP) is 4.90. The number of halogens is 1. The fraction of sp³-hybridized carbons (Fsp3) is 0.0556. The van der Waals surface area contributed by atoms with E-state index < -0.39 is 0 Å². The first kappa shape index (κ1) is 16.1. The van der Waals surface area contributed by atoms with Gasteiger partial charge in [0.25, 0.3) is 5.22 Å². The smallest absolute Gasteiger partial charge is 0.336 e. The van der Waals surface area contributed by atoms with Crippen molar-refractivity contribution in [2.75, 3.05) is 0 Å². The molecule has 0 fully saturated rings. The van der Waals surface area contributed by atoms with Gasteiger partial charge >= 0.3 is 5.63 Å². The van der Waals surface area contributed by atoms with E-state index in [9.17, 15) is 4.79 Å². The molecule has 2 aromatic carbocycles. The van der Waals surface area contributed by atoms with Gasteiger partial charge in [-0.1, -0.05) is 45.9 Å². The van der Waals surface area contributed by atoms with Crippen molar-refractivity contribution in [3.8, 4) is 11.5 Å². The van der Waals surface area contributed by atoms with Crippen LogP contribution in [0.15, 0.2) is 77.9 Å². The second-order valence-electron chi connectivity index (χ2n) is 5.26. The van der Waals surface area contributed by atoms with E-state index in [2.05, 4.69) is 26.1 Å². The van der Waals surface area contributed by atoms with Crippen molar-refractivity contribution in [3.05, 3.63) is 75.1 Å². The molecule has 0 radical (unpaired) electrons. The second kappa shape index (κ2) is 6.85. The molecular weight excluding hydrogens is 404 g/mol. The van der Waals surface area contributed by atoms with Gasteiger partial charge in [0.15, 0.2) is 0 Å². The van der Waals surface area contributed by atoms with Crippen LogP contribution in [0.25, 0.3) is 22.4 Å². The summed E-state index contributed by atoms with van der Waals surface area (Å²) in [5.41, 5.74) is 1.91. The zero-order valence-corrected chi connectivity index (χ0v) is 15.2. The van der Waals surface area contributed by atoms with Crippen molar-refractivity contribution in [3.63, 3.8) is 0 Å². The molecule has 0 unspecified atom stereocenters. The minimum atomic E-state index is -0.378. The maximum Gasteiger partial charge on any atom is 0.336 e. The van der Waals surface area contributed by atoms with E-state index in [0.717, 1.165) is 21.0 Å². The lowest BCUT2D eigenvalue weighted by Crippen LogP contribution is -1.99. The summed E-state index contributed by atoms with van der Waals surface area (Å²) in [6.07, 6.45) is 0. The lowest BCUT2D eigenvalue weighted by atomic mass is 10.1. The van der Waals surface area contributed by atoms with Gasteiger partial charge in [0.05, 0.1) is 0 Å². The Morgan fingerprint density at radius 3 is 2.68 bits per heavy atom. The number of nitrogens with zero attached hydrogens (tertiary/aromatic N) is 2. The van der Waals surface area contributed by atoms with Gasteiger partial charge < -0.3 is 8.83 Å². The largest absolute Gasteiger partial charge is 0.423 e. The van der Waals surface area contributed by atoms with Crippen LogP contribution < -0.4 is 5.63 Å². The van der Waals surface area contributed by atoms with Crippen LogP contribution in [0.4, 0.5) is 0 Å². The quantitative estimate of drug-likeness (QED) is 0.349. The molecule has 0 spiro atoms. The Morgan fingerprint density at radius 2 is 1.84 bits per heavy atom. The normalized spacial score (nSPS) is 11.1. The average Bonchev–Trinajstić information content (AvgIpc) is 3.09. The average molecular weight is 415 g/mol. The molecular formula is C18H11BrN2O3S. The highest BCUT2D eigenvalue weighted by Crippen LogP contribution is 2.29. The predicted molar refractivity (Wildman–Crippen MR) is 99.5 cm³/mol. The Kier molecular flexibility index (Phi) is 4.42. The molecule has 0 aliphatic carbocycles. The van der Waals surface area contributed by atoms with E-state index in [4.69, 9.17) is 8.83 Å². The van der Waals surface area contributed by atoms with Crippen LogP contribution in [0, 0.1) is 0 Å². The third-order valence-electron chi connectivity index (χ3n) is 3.57. The van der Waals surface area contributed by atoms with Gasteiger partial charge in [0.1, 0.15) is 5.58 Å². The van der Waals surface area contributed by atoms with Crippen LogP contribution in [0.1, 0.15) is 5.56 Å². The Morgan fingerprint density at radius 1 is 1.00 bits per heavy atom. The molecule has 4 rings (SSSR count). The molecule has 124 valence electrons. The number of rotatable bonds is 4. The Hall–Kier alpha value is -2.38.